The Morgan fingerprint density at radius 3 is 2.90 bits per heavy atom. The van der Waals surface area contributed by atoms with Gasteiger partial charge in [-0.15, -0.1) is 0 Å². The second-order valence-electron chi connectivity index (χ2n) is 5.46. The number of hydrogen-bond donors (Lipinski definition) is 2. The quantitative estimate of drug-likeness (QED) is 0.898. The molecule has 20 heavy (non-hydrogen) atoms. The number of benzene rings is 1. The fourth-order valence-electron chi connectivity index (χ4n) is 2.78. The van der Waals surface area contributed by atoms with E-state index in [1.54, 1.807) is 0 Å². The molecule has 1 aliphatic rings. The number of rotatable bonds is 3. The van der Waals surface area contributed by atoms with Crippen molar-refractivity contribution in [2.75, 3.05) is 5.32 Å². The highest BCUT2D eigenvalue weighted by molar-refractivity contribution is 5.72. The molecular weight excluding hydrogens is 252 g/mol. The maximum absolute atomic E-state index is 6.05. The van der Waals surface area contributed by atoms with Gasteiger partial charge in [-0.3, -0.25) is 0 Å². The molecule has 1 aromatic carbocycles. The lowest BCUT2D eigenvalue weighted by Crippen LogP contribution is -2.34. The van der Waals surface area contributed by atoms with Crippen LogP contribution in [0.3, 0.4) is 0 Å². The number of hydrogen-bond acceptors (Lipinski definition) is 5. The molecule has 1 saturated carbocycles. The molecule has 1 aliphatic carbocycles. The Morgan fingerprint density at radius 2 is 2.15 bits per heavy atom. The Bertz CT molecular complexity index is 581. The maximum Gasteiger partial charge on any atom is 0.260 e. The summed E-state index contributed by atoms with van der Waals surface area (Å²) < 4.78 is 5.28. The topological polar surface area (TPSA) is 77.0 Å². The number of anilines is 1. The molecule has 2 atom stereocenters. The van der Waals surface area contributed by atoms with Crippen molar-refractivity contribution in [3.8, 4) is 11.5 Å². The Kier molecular flexibility index (Phi) is 3.69. The van der Waals surface area contributed by atoms with Crippen molar-refractivity contribution in [2.45, 2.75) is 44.7 Å². The molecule has 106 valence electrons. The monoisotopic (exact) mass is 272 g/mol. The number of nitrogens with two attached hydrogens (primary N) is 1. The summed E-state index contributed by atoms with van der Waals surface area (Å²) in [5.74, 6) is 1.21. The zero-order chi connectivity index (χ0) is 13.9. The molecule has 3 N–H and O–H groups in total. The standard InChI is InChI=1S/C15H20N4O/c1-10-17-15(20-19-10)13-7-2-3-8-14(13)18-12-6-4-5-11(16)9-12/h2-3,7-8,11-12,18H,4-6,9,16H2,1H3. The average molecular weight is 272 g/mol. The van der Waals surface area contributed by atoms with Crippen molar-refractivity contribution >= 4 is 5.69 Å². The first-order chi connectivity index (χ1) is 9.72. The van der Waals surface area contributed by atoms with Gasteiger partial charge in [0.15, 0.2) is 5.82 Å². The number of nitrogens with one attached hydrogen (secondary N) is 1. The van der Waals surface area contributed by atoms with Crippen LogP contribution in [0, 0.1) is 6.92 Å². The zero-order valence-corrected chi connectivity index (χ0v) is 11.7. The molecule has 2 unspecified atom stereocenters. The van der Waals surface area contributed by atoms with E-state index in [0.29, 0.717) is 23.8 Å². The van der Waals surface area contributed by atoms with Crippen LogP contribution in [0.4, 0.5) is 5.69 Å². The van der Waals surface area contributed by atoms with E-state index < -0.39 is 0 Å². The molecule has 3 rings (SSSR count). The van der Waals surface area contributed by atoms with Gasteiger partial charge >= 0.3 is 0 Å². The predicted octanol–water partition coefficient (Wildman–Crippen LogP) is 2.73. The van der Waals surface area contributed by atoms with Gasteiger partial charge < -0.3 is 15.6 Å². The van der Waals surface area contributed by atoms with E-state index in [1.165, 1.54) is 6.42 Å². The number of para-hydroxylation sites is 1. The lowest BCUT2D eigenvalue weighted by molar-refractivity contribution is 0.409. The Morgan fingerprint density at radius 1 is 1.30 bits per heavy atom. The van der Waals surface area contributed by atoms with Gasteiger partial charge in [-0.05, 0) is 44.7 Å². The summed E-state index contributed by atoms with van der Waals surface area (Å²) in [6, 6.07) is 8.76. The Balaban J connectivity index is 1.83. The van der Waals surface area contributed by atoms with Gasteiger partial charge in [-0.25, -0.2) is 0 Å². The van der Waals surface area contributed by atoms with E-state index >= 15 is 0 Å². The fourth-order valence-corrected chi connectivity index (χ4v) is 2.78. The summed E-state index contributed by atoms with van der Waals surface area (Å²) in [5, 5.41) is 7.44. The summed E-state index contributed by atoms with van der Waals surface area (Å²) in [7, 11) is 0. The summed E-state index contributed by atoms with van der Waals surface area (Å²) in [6.07, 6.45) is 4.48. The normalized spacial score (nSPS) is 22.7. The third-order valence-corrected chi connectivity index (χ3v) is 3.76. The fraction of sp³-hybridized carbons (Fsp3) is 0.467. The summed E-state index contributed by atoms with van der Waals surface area (Å²) in [4.78, 5) is 4.31. The lowest BCUT2D eigenvalue weighted by Gasteiger charge is -2.28. The average Bonchev–Trinajstić information content (AvgIpc) is 2.86. The summed E-state index contributed by atoms with van der Waals surface area (Å²) in [5.41, 5.74) is 8.04. The molecule has 1 fully saturated rings. The number of nitrogens with zero attached hydrogens (tertiary/aromatic N) is 2. The third-order valence-electron chi connectivity index (χ3n) is 3.76. The highest BCUT2D eigenvalue weighted by Crippen LogP contribution is 2.29. The number of aromatic nitrogens is 2. The molecule has 0 radical (unpaired) electrons. The highest BCUT2D eigenvalue weighted by atomic mass is 16.5. The van der Waals surface area contributed by atoms with Crippen LogP contribution in [0.1, 0.15) is 31.5 Å². The second kappa shape index (κ2) is 5.63. The van der Waals surface area contributed by atoms with Crippen molar-refractivity contribution in [3.05, 3.63) is 30.1 Å². The molecule has 0 bridgehead atoms. The van der Waals surface area contributed by atoms with Crippen molar-refractivity contribution in [1.29, 1.82) is 0 Å². The van der Waals surface area contributed by atoms with Crippen LogP contribution in [-0.2, 0) is 0 Å². The minimum absolute atomic E-state index is 0.305. The smallest absolute Gasteiger partial charge is 0.260 e. The van der Waals surface area contributed by atoms with Gasteiger partial charge in [-0.2, -0.15) is 4.98 Å². The van der Waals surface area contributed by atoms with Gasteiger partial charge in [0.2, 0.25) is 0 Å². The van der Waals surface area contributed by atoms with E-state index in [-0.39, 0.29) is 0 Å². The van der Waals surface area contributed by atoms with E-state index in [0.717, 1.165) is 30.5 Å². The zero-order valence-electron chi connectivity index (χ0n) is 11.7. The molecule has 1 heterocycles. The molecular formula is C15H20N4O. The van der Waals surface area contributed by atoms with Crippen LogP contribution < -0.4 is 11.1 Å². The van der Waals surface area contributed by atoms with Crippen molar-refractivity contribution in [2.24, 2.45) is 5.73 Å². The van der Waals surface area contributed by atoms with Gasteiger partial charge in [0.1, 0.15) is 0 Å². The second-order valence-corrected chi connectivity index (χ2v) is 5.46. The van der Waals surface area contributed by atoms with Crippen LogP contribution >= 0.6 is 0 Å². The first kappa shape index (κ1) is 13.1. The summed E-state index contributed by atoms with van der Waals surface area (Å²) >= 11 is 0. The van der Waals surface area contributed by atoms with Gasteiger partial charge in [-0.1, -0.05) is 17.3 Å². The van der Waals surface area contributed by atoms with Crippen LogP contribution in [0.2, 0.25) is 0 Å². The molecule has 0 spiro atoms. The van der Waals surface area contributed by atoms with Crippen LogP contribution in [0.5, 0.6) is 0 Å². The van der Waals surface area contributed by atoms with Crippen molar-refractivity contribution < 1.29 is 4.52 Å². The molecule has 5 heteroatoms. The van der Waals surface area contributed by atoms with E-state index in [1.807, 2.05) is 25.1 Å². The highest BCUT2D eigenvalue weighted by Gasteiger charge is 2.20. The maximum atomic E-state index is 6.05. The molecule has 0 aliphatic heterocycles. The summed E-state index contributed by atoms with van der Waals surface area (Å²) in [6.45, 7) is 1.82. The molecule has 5 nitrogen and oxygen atoms in total. The lowest BCUT2D eigenvalue weighted by atomic mass is 9.91. The SMILES string of the molecule is Cc1noc(-c2ccccc2NC2CCCC(N)C2)n1. The van der Waals surface area contributed by atoms with Crippen LogP contribution in [0.15, 0.2) is 28.8 Å². The van der Waals surface area contributed by atoms with Crippen LogP contribution in [0.25, 0.3) is 11.5 Å². The van der Waals surface area contributed by atoms with E-state index in [2.05, 4.69) is 21.5 Å². The van der Waals surface area contributed by atoms with Gasteiger partial charge in [0.25, 0.3) is 5.89 Å². The first-order valence-electron chi connectivity index (χ1n) is 7.14. The molecule has 2 aromatic rings. The Labute approximate surface area is 118 Å². The van der Waals surface area contributed by atoms with Gasteiger partial charge in [0, 0.05) is 17.8 Å². The first-order valence-corrected chi connectivity index (χ1v) is 7.14. The minimum Gasteiger partial charge on any atom is -0.382 e. The van der Waals surface area contributed by atoms with E-state index in [9.17, 15) is 0 Å². The van der Waals surface area contributed by atoms with Crippen molar-refractivity contribution in [1.82, 2.24) is 10.1 Å². The predicted molar refractivity (Wildman–Crippen MR) is 78.3 cm³/mol. The van der Waals surface area contributed by atoms with E-state index in [4.69, 9.17) is 10.3 Å². The molecule has 0 saturated heterocycles. The minimum atomic E-state index is 0.305. The molecule has 0 amide bonds. The van der Waals surface area contributed by atoms with Gasteiger partial charge in [0.05, 0.1) is 5.56 Å². The molecule has 1 aromatic heterocycles. The third kappa shape index (κ3) is 2.82. The van der Waals surface area contributed by atoms with Crippen LogP contribution in [-0.4, -0.2) is 22.2 Å². The Hall–Kier alpha value is -1.88. The van der Waals surface area contributed by atoms with Crippen molar-refractivity contribution in [3.63, 3.8) is 0 Å². The number of aryl methyl sites for hydroxylation is 1. The largest absolute Gasteiger partial charge is 0.382 e.